The minimum Gasteiger partial charge on any atom is -0.288 e. The molecule has 2 rings (SSSR count). The third-order valence-corrected chi connectivity index (χ3v) is 2.33. The summed E-state index contributed by atoms with van der Waals surface area (Å²) in [6.07, 6.45) is 3.21. The maximum absolute atomic E-state index is 12.7. The lowest BCUT2D eigenvalue weighted by Gasteiger charge is -1.97. The van der Waals surface area contributed by atoms with Crippen molar-refractivity contribution in [2.75, 3.05) is 0 Å². The Hall–Kier alpha value is -1.97. The summed E-state index contributed by atoms with van der Waals surface area (Å²) in [6, 6.07) is 5.50. The summed E-state index contributed by atoms with van der Waals surface area (Å²) >= 11 is 0. The van der Waals surface area contributed by atoms with E-state index in [2.05, 4.69) is 5.10 Å². The van der Waals surface area contributed by atoms with Crippen molar-refractivity contribution in [3.8, 4) is 0 Å². The number of benzene rings is 1. The van der Waals surface area contributed by atoms with E-state index in [1.54, 1.807) is 10.9 Å². The van der Waals surface area contributed by atoms with Gasteiger partial charge in [-0.15, -0.1) is 0 Å². The number of halogens is 1. The summed E-state index contributed by atoms with van der Waals surface area (Å²) in [5, 5.41) is 4.02. The van der Waals surface area contributed by atoms with Crippen molar-refractivity contribution in [3.63, 3.8) is 0 Å². The smallest absolute Gasteiger partial charge is 0.196 e. The molecule has 2 aromatic rings. The number of aromatic nitrogens is 2. The number of carbonyl (C=O) groups excluding carboxylic acids is 1. The summed E-state index contributed by atoms with van der Waals surface area (Å²) in [4.78, 5) is 11.9. The lowest BCUT2D eigenvalue weighted by Crippen LogP contribution is -2.00. The Kier molecular flexibility index (Phi) is 2.81. The van der Waals surface area contributed by atoms with Gasteiger partial charge in [-0.1, -0.05) is 0 Å². The zero-order valence-electron chi connectivity index (χ0n) is 8.85. The molecule has 16 heavy (non-hydrogen) atoms. The molecule has 0 N–H and O–H groups in total. The molecule has 0 aliphatic rings. The zero-order chi connectivity index (χ0) is 11.5. The minimum absolute atomic E-state index is 0.139. The first-order chi connectivity index (χ1) is 7.70. The first kappa shape index (κ1) is 10.5. The van der Waals surface area contributed by atoms with Crippen molar-refractivity contribution in [3.05, 3.63) is 53.6 Å². The Morgan fingerprint density at radius 1 is 1.31 bits per heavy atom. The van der Waals surface area contributed by atoms with Crippen LogP contribution in [0.25, 0.3) is 0 Å². The molecule has 0 saturated carbocycles. The number of rotatable bonds is 3. The predicted octanol–water partition coefficient (Wildman–Crippen LogP) is 2.27. The van der Waals surface area contributed by atoms with Crippen LogP contribution in [-0.2, 0) is 6.54 Å². The number of hydrogen-bond donors (Lipinski definition) is 0. The second-order valence-corrected chi connectivity index (χ2v) is 3.42. The molecule has 0 atom stereocenters. The van der Waals surface area contributed by atoms with Crippen molar-refractivity contribution < 1.29 is 9.18 Å². The molecule has 0 spiro atoms. The summed E-state index contributed by atoms with van der Waals surface area (Å²) in [5.41, 5.74) is 0.991. The summed E-state index contributed by atoms with van der Waals surface area (Å²) in [7, 11) is 0. The Morgan fingerprint density at radius 2 is 2.00 bits per heavy atom. The van der Waals surface area contributed by atoms with Crippen LogP contribution >= 0.6 is 0 Å². The van der Waals surface area contributed by atoms with Gasteiger partial charge in [-0.25, -0.2) is 4.39 Å². The fourth-order valence-electron chi connectivity index (χ4n) is 1.42. The highest BCUT2D eigenvalue weighted by Gasteiger charge is 2.10. The first-order valence-corrected chi connectivity index (χ1v) is 5.03. The van der Waals surface area contributed by atoms with Gasteiger partial charge in [-0.2, -0.15) is 5.10 Å². The molecule has 0 bridgehead atoms. The van der Waals surface area contributed by atoms with Crippen LogP contribution in [0.5, 0.6) is 0 Å². The maximum atomic E-state index is 12.7. The van der Waals surface area contributed by atoms with Gasteiger partial charge < -0.3 is 0 Å². The molecule has 1 heterocycles. The number of aryl methyl sites for hydroxylation is 1. The van der Waals surface area contributed by atoms with Crippen LogP contribution in [0.3, 0.4) is 0 Å². The Bertz CT molecular complexity index is 502. The number of nitrogens with zero attached hydrogens (tertiary/aromatic N) is 2. The second kappa shape index (κ2) is 4.26. The van der Waals surface area contributed by atoms with E-state index < -0.39 is 0 Å². The average Bonchev–Trinajstić information content (AvgIpc) is 2.77. The highest BCUT2D eigenvalue weighted by atomic mass is 19.1. The van der Waals surface area contributed by atoms with Gasteiger partial charge >= 0.3 is 0 Å². The predicted molar refractivity (Wildman–Crippen MR) is 57.7 cm³/mol. The zero-order valence-corrected chi connectivity index (χ0v) is 8.85. The molecule has 1 aromatic heterocycles. The third kappa shape index (κ3) is 2.00. The van der Waals surface area contributed by atoms with Crippen LogP contribution in [0.1, 0.15) is 22.8 Å². The molecule has 4 heteroatoms. The van der Waals surface area contributed by atoms with Gasteiger partial charge in [0.2, 0.25) is 0 Å². The molecule has 82 valence electrons. The summed E-state index contributed by atoms with van der Waals surface area (Å²) < 4.78 is 14.4. The SMILES string of the molecule is CCn1cc(C(=O)c2ccc(F)cc2)cn1. The lowest BCUT2D eigenvalue weighted by molar-refractivity contribution is 0.103. The van der Waals surface area contributed by atoms with Gasteiger partial charge in [0.25, 0.3) is 0 Å². The molecule has 0 unspecified atom stereocenters. The fraction of sp³-hybridized carbons (Fsp3) is 0.167. The molecule has 0 fully saturated rings. The van der Waals surface area contributed by atoms with E-state index in [1.165, 1.54) is 30.5 Å². The molecule has 0 aliphatic heterocycles. The van der Waals surface area contributed by atoms with Crippen LogP contribution in [0.2, 0.25) is 0 Å². The van der Waals surface area contributed by atoms with E-state index in [0.717, 1.165) is 6.54 Å². The highest BCUT2D eigenvalue weighted by Crippen LogP contribution is 2.10. The third-order valence-electron chi connectivity index (χ3n) is 2.33. The summed E-state index contributed by atoms with van der Waals surface area (Å²) in [5.74, 6) is -0.486. The molecule has 0 saturated heterocycles. The van der Waals surface area contributed by atoms with Crippen molar-refractivity contribution in [1.29, 1.82) is 0 Å². The average molecular weight is 218 g/mol. The fourth-order valence-corrected chi connectivity index (χ4v) is 1.42. The van der Waals surface area contributed by atoms with E-state index in [4.69, 9.17) is 0 Å². The standard InChI is InChI=1S/C12H11FN2O/c1-2-15-8-10(7-14-15)12(16)9-3-5-11(13)6-4-9/h3-8H,2H2,1H3. The molecule has 3 nitrogen and oxygen atoms in total. The lowest BCUT2D eigenvalue weighted by atomic mass is 10.1. The van der Waals surface area contributed by atoms with Gasteiger partial charge in [0, 0.05) is 18.3 Å². The Labute approximate surface area is 92.5 Å². The van der Waals surface area contributed by atoms with Crippen molar-refractivity contribution in [1.82, 2.24) is 9.78 Å². The van der Waals surface area contributed by atoms with E-state index in [-0.39, 0.29) is 11.6 Å². The second-order valence-electron chi connectivity index (χ2n) is 3.42. The number of carbonyl (C=O) groups is 1. The molecule has 0 radical (unpaired) electrons. The highest BCUT2D eigenvalue weighted by molar-refractivity contribution is 6.08. The van der Waals surface area contributed by atoms with E-state index >= 15 is 0 Å². The van der Waals surface area contributed by atoms with Gasteiger partial charge in [-0.05, 0) is 31.2 Å². The maximum Gasteiger partial charge on any atom is 0.196 e. The Balaban J connectivity index is 2.28. The van der Waals surface area contributed by atoms with Crippen molar-refractivity contribution >= 4 is 5.78 Å². The number of hydrogen-bond acceptors (Lipinski definition) is 2. The minimum atomic E-state index is -0.346. The van der Waals surface area contributed by atoms with E-state index in [1.807, 2.05) is 6.92 Å². The first-order valence-electron chi connectivity index (χ1n) is 5.03. The normalized spacial score (nSPS) is 10.4. The molecular formula is C12H11FN2O. The molecule has 0 amide bonds. The van der Waals surface area contributed by atoms with Gasteiger partial charge in [0.1, 0.15) is 5.82 Å². The van der Waals surface area contributed by atoms with Crippen molar-refractivity contribution in [2.24, 2.45) is 0 Å². The van der Waals surface area contributed by atoms with E-state index in [9.17, 15) is 9.18 Å². The van der Waals surface area contributed by atoms with Crippen LogP contribution in [0, 0.1) is 5.82 Å². The van der Waals surface area contributed by atoms with Crippen LogP contribution in [-0.4, -0.2) is 15.6 Å². The van der Waals surface area contributed by atoms with Gasteiger partial charge in [0.15, 0.2) is 5.78 Å². The van der Waals surface area contributed by atoms with E-state index in [0.29, 0.717) is 11.1 Å². The van der Waals surface area contributed by atoms with Gasteiger partial charge in [0.05, 0.1) is 11.8 Å². The topological polar surface area (TPSA) is 34.9 Å². The van der Waals surface area contributed by atoms with Crippen molar-refractivity contribution in [2.45, 2.75) is 13.5 Å². The largest absolute Gasteiger partial charge is 0.288 e. The van der Waals surface area contributed by atoms with Gasteiger partial charge in [-0.3, -0.25) is 9.48 Å². The number of ketones is 1. The molecule has 1 aromatic carbocycles. The van der Waals surface area contributed by atoms with Crippen LogP contribution in [0.4, 0.5) is 4.39 Å². The Morgan fingerprint density at radius 3 is 2.56 bits per heavy atom. The summed E-state index contributed by atoms with van der Waals surface area (Å²) in [6.45, 7) is 2.66. The quantitative estimate of drug-likeness (QED) is 0.741. The van der Waals surface area contributed by atoms with Crippen LogP contribution in [0.15, 0.2) is 36.7 Å². The van der Waals surface area contributed by atoms with Crippen LogP contribution < -0.4 is 0 Å². The monoisotopic (exact) mass is 218 g/mol. The molecular weight excluding hydrogens is 207 g/mol. The molecule has 0 aliphatic carbocycles.